The van der Waals surface area contributed by atoms with E-state index in [4.69, 9.17) is 0 Å². The molecule has 16 heavy (non-hydrogen) atoms. The second-order valence-corrected chi connectivity index (χ2v) is 4.56. The van der Waals surface area contributed by atoms with E-state index in [1.54, 1.807) is 6.08 Å². The number of rotatable bonds is 7. The van der Waals surface area contributed by atoms with Crippen LogP contribution in [0.15, 0.2) is 34.9 Å². The second-order valence-electron chi connectivity index (χ2n) is 4.56. The molecule has 0 amide bonds. The molecule has 0 aliphatic heterocycles. The maximum atomic E-state index is 10.2. The zero-order chi connectivity index (χ0) is 12.4. The fourth-order valence-corrected chi connectivity index (χ4v) is 1.40. The van der Waals surface area contributed by atoms with E-state index in [0.717, 1.165) is 37.5 Å². The normalized spacial score (nSPS) is 12.5. The third kappa shape index (κ3) is 9.45. The first kappa shape index (κ1) is 14.9. The van der Waals surface area contributed by atoms with Gasteiger partial charge in [0.05, 0.1) is 0 Å². The number of unbranched alkanes of at least 4 members (excludes halogenated alkanes) is 1. The summed E-state index contributed by atoms with van der Waals surface area (Å²) in [5.74, 6) is 0. The third-order valence-electron chi connectivity index (χ3n) is 2.48. The summed E-state index contributed by atoms with van der Waals surface area (Å²) in [4.78, 5) is 10.2. The molecule has 0 heterocycles. The van der Waals surface area contributed by atoms with Crippen LogP contribution in [0.2, 0.25) is 0 Å². The summed E-state index contributed by atoms with van der Waals surface area (Å²) >= 11 is 0. The lowest BCUT2D eigenvalue weighted by molar-refractivity contribution is -0.104. The molecular formula is C15H24O. The number of hydrogen-bond donors (Lipinski definition) is 0. The van der Waals surface area contributed by atoms with E-state index < -0.39 is 0 Å². The Hall–Kier alpha value is -1.11. The molecule has 0 atom stereocenters. The Morgan fingerprint density at radius 2 is 1.44 bits per heavy atom. The van der Waals surface area contributed by atoms with Crippen LogP contribution in [-0.4, -0.2) is 6.29 Å². The molecule has 0 bridgehead atoms. The van der Waals surface area contributed by atoms with Gasteiger partial charge in [-0.15, -0.1) is 0 Å². The number of hydrogen-bond acceptors (Lipinski definition) is 1. The average Bonchev–Trinajstić information content (AvgIpc) is 2.22. The average molecular weight is 220 g/mol. The van der Waals surface area contributed by atoms with Gasteiger partial charge < -0.3 is 0 Å². The molecule has 0 aliphatic rings. The zero-order valence-electron chi connectivity index (χ0n) is 11.0. The van der Waals surface area contributed by atoms with Gasteiger partial charge in [0.15, 0.2) is 0 Å². The van der Waals surface area contributed by atoms with Crippen molar-refractivity contribution in [2.24, 2.45) is 0 Å². The molecule has 0 saturated heterocycles. The van der Waals surface area contributed by atoms with Crippen molar-refractivity contribution in [1.29, 1.82) is 0 Å². The van der Waals surface area contributed by atoms with Crippen molar-refractivity contribution in [3.8, 4) is 0 Å². The fourth-order valence-electron chi connectivity index (χ4n) is 1.40. The highest BCUT2D eigenvalue weighted by molar-refractivity contribution is 5.65. The van der Waals surface area contributed by atoms with Gasteiger partial charge in [0.25, 0.3) is 0 Å². The van der Waals surface area contributed by atoms with Gasteiger partial charge in [-0.05, 0) is 59.5 Å². The first-order valence-corrected chi connectivity index (χ1v) is 5.96. The Kier molecular flexibility index (Phi) is 8.51. The van der Waals surface area contributed by atoms with Gasteiger partial charge in [-0.2, -0.15) is 0 Å². The second kappa shape index (κ2) is 9.14. The van der Waals surface area contributed by atoms with E-state index in [-0.39, 0.29) is 0 Å². The highest BCUT2D eigenvalue weighted by Crippen LogP contribution is 2.11. The molecule has 0 aromatic rings. The van der Waals surface area contributed by atoms with Crippen LogP contribution in [0.1, 0.15) is 53.4 Å². The fraction of sp³-hybridized carbons (Fsp3) is 0.533. The molecule has 1 nitrogen and oxygen atoms in total. The highest BCUT2D eigenvalue weighted by Gasteiger charge is 1.92. The summed E-state index contributed by atoms with van der Waals surface area (Å²) < 4.78 is 0. The summed E-state index contributed by atoms with van der Waals surface area (Å²) in [6.07, 6.45) is 11.4. The number of allylic oxidation sites excluding steroid dienone is 6. The van der Waals surface area contributed by atoms with Crippen LogP contribution >= 0.6 is 0 Å². The molecule has 0 rings (SSSR count). The highest BCUT2D eigenvalue weighted by atomic mass is 16.1. The van der Waals surface area contributed by atoms with E-state index in [9.17, 15) is 4.79 Å². The van der Waals surface area contributed by atoms with Gasteiger partial charge in [-0.25, -0.2) is 0 Å². The summed E-state index contributed by atoms with van der Waals surface area (Å²) in [6, 6.07) is 0. The first-order chi connectivity index (χ1) is 7.56. The molecule has 0 unspecified atom stereocenters. The monoisotopic (exact) mass is 220 g/mol. The molecule has 0 aromatic heterocycles. The summed E-state index contributed by atoms with van der Waals surface area (Å²) in [5.41, 5.74) is 3.96. The maximum Gasteiger partial charge on any atom is 0.142 e. The van der Waals surface area contributed by atoms with Gasteiger partial charge in [-0.3, -0.25) is 4.79 Å². The lowest BCUT2D eigenvalue weighted by Crippen LogP contribution is -1.82. The molecule has 0 spiro atoms. The molecule has 90 valence electrons. The molecular weight excluding hydrogens is 196 g/mol. The van der Waals surface area contributed by atoms with Crippen molar-refractivity contribution in [3.63, 3.8) is 0 Å². The number of carbonyl (C=O) groups excluding carboxylic acids is 1. The lowest BCUT2D eigenvalue weighted by atomic mass is 10.1. The first-order valence-electron chi connectivity index (χ1n) is 5.96. The van der Waals surface area contributed by atoms with Crippen LogP contribution in [0.4, 0.5) is 0 Å². The van der Waals surface area contributed by atoms with Crippen LogP contribution in [0.3, 0.4) is 0 Å². The maximum absolute atomic E-state index is 10.2. The van der Waals surface area contributed by atoms with Crippen molar-refractivity contribution in [2.45, 2.75) is 53.4 Å². The Morgan fingerprint density at radius 3 is 2.00 bits per heavy atom. The molecule has 0 fully saturated rings. The van der Waals surface area contributed by atoms with Gasteiger partial charge in [-0.1, -0.05) is 28.9 Å². The molecule has 0 aliphatic carbocycles. The Labute approximate surface area is 99.9 Å². The minimum atomic E-state index is 0.864. The van der Waals surface area contributed by atoms with Crippen molar-refractivity contribution in [3.05, 3.63) is 34.9 Å². The van der Waals surface area contributed by atoms with Crippen LogP contribution in [0.5, 0.6) is 0 Å². The van der Waals surface area contributed by atoms with E-state index >= 15 is 0 Å². The van der Waals surface area contributed by atoms with Crippen LogP contribution in [0, 0.1) is 0 Å². The molecule has 0 saturated carbocycles. The zero-order valence-corrected chi connectivity index (χ0v) is 11.0. The molecule has 0 aromatic carbocycles. The summed E-state index contributed by atoms with van der Waals surface area (Å²) in [7, 11) is 0. The van der Waals surface area contributed by atoms with E-state index in [1.165, 1.54) is 11.1 Å². The largest absolute Gasteiger partial charge is 0.299 e. The SMILES string of the molecule is CC(C)=CCCC=C(C)CCC(C)=CC=O. The predicted octanol–water partition coefficient (Wildman–Crippen LogP) is 4.60. The standard InChI is InChI=1S/C15H24O/c1-13(2)7-5-6-8-14(3)9-10-15(4)11-12-16/h7-8,11-12H,5-6,9-10H2,1-4H3. The van der Waals surface area contributed by atoms with Gasteiger partial charge >= 0.3 is 0 Å². The van der Waals surface area contributed by atoms with E-state index in [2.05, 4.69) is 32.9 Å². The van der Waals surface area contributed by atoms with Gasteiger partial charge in [0.1, 0.15) is 6.29 Å². The summed E-state index contributed by atoms with van der Waals surface area (Å²) in [5, 5.41) is 0. The Bertz CT molecular complexity index is 289. The predicted molar refractivity (Wildman–Crippen MR) is 71.5 cm³/mol. The van der Waals surface area contributed by atoms with Crippen LogP contribution in [0.25, 0.3) is 0 Å². The van der Waals surface area contributed by atoms with Crippen LogP contribution < -0.4 is 0 Å². The van der Waals surface area contributed by atoms with Crippen molar-refractivity contribution >= 4 is 6.29 Å². The molecule has 0 N–H and O–H groups in total. The minimum absolute atomic E-state index is 0.864. The Balaban J connectivity index is 3.84. The molecule has 0 radical (unpaired) electrons. The lowest BCUT2D eigenvalue weighted by Gasteiger charge is -2.01. The quantitative estimate of drug-likeness (QED) is 0.265. The van der Waals surface area contributed by atoms with Crippen molar-refractivity contribution < 1.29 is 4.79 Å². The topological polar surface area (TPSA) is 17.1 Å². The molecule has 1 heteroatoms. The van der Waals surface area contributed by atoms with Crippen molar-refractivity contribution in [2.75, 3.05) is 0 Å². The van der Waals surface area contributed by atoms with Gasteiger partial charge in [0, 0.05) is 0 Å². The number of aldehydes is 1. The summed E-state index contributed by atoms with van der Waals surface area (Å²) in [6.45, 7) is 8.43. The smallest absolute Gasteiger partial charge is 0.142 e. The van der Waals surface area contributed by atoms with E-state index in [1.807, 2.05) is 6.92 Å². The minimum Gasteiger partial charge on any atom is -0.299 e. The number of carbonyl (C=O) groups is 1. The van der Waals surface area contributed by atoms with Gasteiger partial charge in [0.2, 0.25) is 0 Å². The van der Waals surface area contributed by atoms with E-state index in [0.29, 0.717) is 0 Å². The van der Waals surface area contributed by atoms with Crippen molar-refractivity contribution in [1.82, 2.24) is 0 Å². The Morgan fingerprint density at radius 1 is 0.875 bits per heavy atom. The van der Waals surface area contributed by atoms with Crippen LogP contribution in [-0.2, 0) is 4.79 Å². The third-order valence-corrected chi connectivity index (χ3v) is 2.48.